The summed E-state index contributed by atoms with van der Waals surface area (Å²) in [5.74, 6) is 0. The van der Waals surface area contributed by atoms with Gasteiger partial charge in [0, 0.05) is 0 Å². The van der Waals surface area contributed by atoms with Gasteiger partial charge in [-0.2, -0.15) is 0 Å². The SMILES string of the molecule is [KH].[SiH3]N[SiH]1CCCCCC1. The minimum Gasteiger partial charge on any atom is -0.369 e. The quantitative estimate of drug-likeness (QED) is 0.562. The van der Waals surface area contributed by atoms with Gasteiger partial charge in [-0.1, -0.05) is 25.7 Å². The van der Waals surface area contributed by atoms with Gasteiger partial charge in [0.2, 0.25) is 0 Å². The number of nitrogens with one attached hydrogen (secondary N) is 1. The summed E-state index contributed by atoms with van der Waals surface area (Å²) in [4.78, 5) is 0. The van der Waals surface area contributed by atoms with Crippen molar-refractivity contribution in [2.45, 2.75) is 37.8 Å². The summed E-state index contributed by atoms with van der Waals surface area (Å²) >= 11 is 0. The Morgan fingerprint density at radius 2 is 1.50 bits per heavy atom. The van der Waals surface area contributed by atoms with Crippen LogP contribution in [0, 0.1) is 0 Å². The van der Waals surface area contributed by atoms with E-state index in [0.717, 1.165) is 0 Å². The van der Waals surface area contributed by atoms with Gasteiger partial charge in [-0.3, -0.25) is 0 Å². The number of rotatable bonds is 1. The van der Waals surface area contributed by atoms with Crippen LogP contribution in [0.5, 0.6) is 0 Å². The van der Waals surface area contributed by atoms with Crippen molar-refractivity contribution in [1.29, 1.82) is 0 Å². The Kier molecular flexibility index (Phi) is 9.22. The molecule has 0 bridgehead atoms. The van der Waals surface area contributed by atoms with Gasteiger partial charge in [0.05, 0.1) is 10.4 Å². The molecule has 1 saturated heterocycles. The Balaban J connectivity index is 0.000000810. The molecule has 0 spiro atoms. The maximum absolute atomic E-state index is 3.62. The van der Waals surface area contributed by atoms with E-state index in [9.17, 15) is 0 Å². The normalized spacial score (nSPS) is 21.6. The van der Waals surface area contributed by atoms with Crippen molar-refractivity contribution in [2.75, 3.05) is 0 Å². The molecule has 0 aliphatic carbocycles. The molecule has 1 heterocycles. The van der Waals surface area contributed by atoms with Crippen molar-refractivity contribution in [3.8, 4) is 0 Å². The molecule has 0 atom stereocenters. The van der Waals surface area contributed by atoms with Crippen LogP contribution in [0.3, 0.4) is 0 Å². The van der Waals surface area contributed by atoms with Crippen LogP contribution >= 0.6 is 0 Å². The van der Waals surface area contributed by atoms with Crippen LogP contribution in [0.1, 0.15) is 25.7 Å². The fraction of sp³-hybridized carbons (Fsp3) is 1.00. The Morgan fingerprint density at radius 1 is 1.00 bits per heavy atom. The standard InChI is InChI=1S/C6H17NSi2.K.H/c8-7-9-5-3-1-2-4-6-9;;/h7,9H,1-6H2,8H3;;. The predicted octanol–water partition coefficient (Wildman–Crippen LogP) is -0.494. The van der Waals surface area contributed by atoms with Crippen LogP contribution in [0.15, 0.2) is 0 Å². The fourth-order valence-electron chi connectivity index (χ4n) is 1.57. The van der Waals surface area contributed by atoms with E-state index in [0.29, 0.717) is 0 Å². The number of hydrogen-bond acceptors (Lipinski definition) is 1. The molecule has 4 heteroatoms. The summed E-state index contributed by atoms with van der Waals surface area (Å²) in [6, 6.07) is 3.15. The molecular formula is C6H18KNSi2. The molecule has 1 N–H and O–H groups in total. The largest absolute Gasteiger partial charge is 0.369 e. The minimum atomic E-state index is -0.339. The zero-order chi connectivity index (χ0) is 6.53. The van der Waals surface area contributed by atoms with Gasteiger partial charge >= 0.3 is 51.4 Å². The fourth-order valence-corrected chi connectivity index (χ4v) is 5.73. The molecule has 0 saturated carbocycles. The van der Waals surface area contributed by atoms with Crippen LogP contribution in [0.4, 0.5) is 0 Å². The van der Waals surface area contributed by atoms with E-state index in [1.165, 1.54) is 36.1 Å². The molecule has 0 aromatic rings. The van der Waals surface area contributed by atoms with E-state index in [4.69, 9.17) is 0 Å². The molecule has 10 heavy (non-hydrogen) atoms. The van der Waals surface area contributed by atoms with Gasteiger partial charge in [-0.05, 0) is 12.1 Å². The summed E-state index contributed by atoms with van der Waals surface area (Å²) in [7, 11) is 0.901. The third-order valence-electron chi connectivity index (χ3n) is 2.26. The molecule has 0 aromatic heterocycles. The van der Waals surface area contributed by atoms with Gasteiger partial charge < -0.3 is 4.65 Å². The molecule has 0 aromatic carbocycles. The molecule has 0 unspecified atom stereocenters. The molecule has 1 fully saturated rings. The smallest absolute Gasteiger partial charge is 0.101 e. The van der Waals surface area contributed by atoms with E-state index in [-0.39, 0.29) is 60.3 Å². The van der Waals surface area contributed by atoms with Crippen molar-refractivity contribution in [2.24, 2.45) is 0 Å². The van der Waals surface area contributed by atoms with Crippen molar-refractivity contribution < 1.29 is 0 Å². The van der Waals surface area contributed by atoms with Gasteiger partial charge in [-0.25, -0.2) is 0 Å². The molecule has 1 nitrogen and oxygen atoms in total. The maximum atomic E-state index is 3.62. The van der Waals surface area contributed by atoms with Crippen molar-refractivity contribution >= 4 is 70.7 Å². The molecular weight excluding hydrogens is 181 g/mol. The monoisotopic (exact) mass is 199 g/mol. The molecule has 0 amide bonds. The Hall–Kier alpha value is 2.03. The first-order valence-electron chi connectivity index (χ1n) is 4.11. The van der Waals surface area contributed by atoms with E-state index >= 15 is 0 Å². The van der Waals surface area contributed by atoms with Crippen LogP contribution in [0.2, 0.25) is 12.1 Å². The average molecular weight is 199 g/mol. The van der Waals surface area contributed by atoms with Crippen molar-refractivity contribution in [3.63, 3.8) is 0 Å². The van der Waals surface area contributed by atoms with Gasteiger partial charge in [0.15, 0.2) is 0 Å². The Morgan fingerprint density at radius 3 is 1.90 bits per heavy atom. The van der Waals surface area contributed by atoms with Crippen LogP contribution < -0.4 is 4.65 Å². The molecule has 0 radical (unpaired) electrons. The zero-order valence-electron chi connectivity index (χ0n) is 6.32. The first-order valence-corrected chi connectivity index (χ1v) is 7.32. The van der Waals surface area contributed by atoms with Crippen LogP contribution in [-0.2, 0) is 0 Å². The van der Waals surface area contributed by atoms with Gasteiger partial charge in [0.1, 0.15) is 8.96 Å². The first kappa shape index (κ1) is 12.0. The van der Waals surface area contributed by atoms with Crippen LogP contribution in [-0.4, -0.2) is 70.7 Å². The van der Waals surface area contributed by atoms with E-state index < -0.39 is 0 Å². The van der Waals surface area contributed by atoms with Crippen molar-refractivity contribution in [1.82, 2.24) is 4.65 Å². The summed E-state index contributed by atoms with van der Waals surface area (Å²) in [5.41, 5.74) is 0. The summed E-state index contributed by atoms with van der Waals surface area (Å²) < 4.78 is 3.62. The Labute approximate surface area is 111 Å². The van der Waals surface area contributed by atoms with E-state index in [1.807, 2.05) is 0 Å². The number of hydrogen-bond donors (Lipinski definition) is 1. The molecule has 1 rings (SSSR count). The second-order valence-corrected chi connectivity index (χ2v) is 7.84. The minimum absolute atomic E-state index is 0. The third-order valence-corrected chi connectivity index (χ3v) is 7.74. The van der Waals surface area contributed by atoms with Gasteiger partial charge in [-0.15, -0.1) is 0 Å². The first-order chi connectivity index (χ1) is 4.43. The molecule has 1 aliphatic heterocycles. The average Bonchev–Trinajstić information content (AvgIpc) is 2.13. The zero-order valence-corrected chi connectivity index (χ0v) is 9.47. The molecule has 1 aliphatic rings. The topological polar surface area (TPSA) is 12.0 Å². The maximum Gasteiger partial charge on any atom is 0.101 e. The summed E-state index contributed by atoms with van der Waals surface area (Å²) in [5, 5.41) is 0. The predicted molar refractivity (Wildman–Crippen MR) is 55.5 cm³/mol. The molecule has 56 valence electrons. The van der Waals surface area contributed by atoms with Gasteiger partial charge in [0.25, 0.3) is 0 Å². The van der Waals surface area contributed by atoms with Crippen LogP contribution in [0.25, 0.3) is 0 Å². The summed E-state index contributed by atoms with van der Waals surface area (Å²) in [6.45, 7) is 0. The summed E-state index contributed by atoms with van der Waals surface area (Å²) in [6.07, 6.45) is 6.05. The van der Waals surface area contributed by atoms with E-state index in [1.54, 1.807) is 12.1 Å². The Bertz CT molecular complexity index is 74.1. The third kappa shape index (κ3) is 4.82. The van der Waals surface area contributed by atoms with Crippen molar-refractivity contribution in [3.05, 3.63) is 0 Å². The second kappa shape index (κ2) is 7.67. The van der Waals surface area contributed by atoms with E-state index in [2.05, 4.69) is 4.65 Å². The second-order valence-electron chi connectivity index (χ2n) is 2.98.